The molecule has 1 aliphatic carbocycles. The predicted octanol–water partition coefficient (Wildman–Crippen LogP) is 3.28. The van der Waals surface area contributed by atoms with Crippen LogP contribution >= 0.6 is 0 Å². The molecule has 0 unspecified atom stereocenters. The Labute approximate surface area is 150 Å². The van der Waals surface area contributed by atoms with Gasteiger partial charge >= 0.3 is 0 Å². The minimum Gasteiger partial charge on any atom is -0.343 e. The van der Waals surface area contributed by atoms with Crippen LogP contribution in [0.3, 0.4) is 0 Å². The van der Waals surface area contributed by atoms with E-state index in [0.717, 1.165) is 31.6 Å². The lowest BCUT2D eigenvalue weighted by molar-refractivity contribution is -0.133. The summed E-state index contributed by atoms with van der Waals surface area (Å²) in [7, 11) is 0. The zero-order chi connectivity index (χ0) is 18.0. The number of piperidine rings is 1. The van der Waals surface area contributed by atoms with Crippen molar-refractivity contribution in [1.82, 2.24) is 14.7 Å². The largest absolute Gasteiger partial charge is 0.343 e. The van der Waals surface area contributed by atoms with E-state index in [9.17, 15) is 9.59 Å². The van der Waals surface area contributed by atoms with Crippen molar-refractivity contribution in [2.24, 2.45) is 5.92 Å². The van der Waals surface area contributed by atoms with Gasteiger partial charge in [0.15, 0.2) is 0 Å². The van der Waals surface area contributed by atoms with Crippen LogP contribution in [0, 0.1) is 5.92 Å². The number of amides is 1. The Morgan fingerprint density at radius 2 is 1.76 bits per heavy atom. The van der Waals surface area contributed by atoms with Crippen molar-refractivity contribution >= 4 is 5.91 Å². The Morgan fingerprint density at radius 1 is 1.12 bits per heavy atom. The number of hydrogen-bond acceptors (Lipinski definition) is 3. The SMILES string of the molecule is CC(C)(C)c1ccc(=O)n(C2CCN(C(=O)CC3CCCC3)CC2)n1. The first kappa shape index (κ1) is 18.2. The summed E-state index contributed by atoms with van der Waals surface area (Å²) in [5.74, 6) is 0.895. The lowest BCUT2D eigenvalue weighted by Gasteiger charge is -2.33. The second kappa shape index (κ2) is 7.30. The highest BCUT2D eigenvalue weighted by Crippen LogP contribution is 2.29. The van der Waals surface area contributed by atoms with Crippen LogP contribution in [0.1, 0.15) is 77.5 Å². The van der Waals surface area contributed by atoms with Gasteiger partial charge in [-0.2, -0.15) is 5.10 Å². The molecule has 5 nitrogen and oxygen atoms in total. The Morgan fingerprint density at radius 3 is 2.36 bits per heavy atom. The molecule has 0 atom stereocenters. The minimum absolute atomic E-state index is 0.0382. The highest BCUT2D eigenvalue weighted by Gasteiger charge is 2.28. The maximum atomic E-state index is 12.5. The number of likely N-dealkylation sites (tertiary alicyclic amines) is 1. The minimum atomic E-state index is -0.0760. The summed E-state index contributed by atoms with van der Waals surface area (Å²) in [5.41, 5.74) is 0.823. The number of carbonyl (C=O) groups excluding carboxylic acids is 1. The normalized spacial score (nSPS) is 20.2. The van der Waals surface area contributed by atoms with Gasteiger partial charge in [-0.05, 0) is 37.7 Å². The number of nitrogens with zero attached hydrogens (tertiary/aromatic N) is 3. The average Bonchev–Trinajstić information content (AvgIpc) is 3.07. The number of hydrogen-bond donors (Lipinski definition) is 0. The molecule has 1 saturated heterocycles. The van der Waals surface area contributed by atoms with E-state index in [-0.39, 0.29) is 17.0 Å². The Kier molecular flexibility index (Phi) is 5.30. The fraction of sp³-hybridized carbons (Fsp3) is 0.750. The summed E-state index contributed by atoms with van der Waals surface area (Å²) in [6.45, 7) is 7.80. The van der Waals surface area contributed by atoms with E-state index in [4.69, 9.17) is 0 Å². The van der Waals surface area contributed by atoms with Crippen LogP contribution in [-0.2, 0) is 10.2 Å². The summed E-state index contributed by atoms with van der Waals surface area (Å²) < 4.78 is 1.65. The molecule has 0 bridgehead atoms. The molecule has 0 radical (unpaired) electrons. The van der Waals surface area contributed by atoms with Crippen LogP contribution in [-0.4, -0.2) is 33.7 Å². The van der Waals surface area contributed by atoms with Crippen molar-refractivity contribution in [3.8, 4) is 0 Å². The van der Waals surface area contributed by atoms with E-state index in [2.05, 4.69) is 25.9 Å². The summed E-state index contributed by atoms with van der Waals surface area (Å²) in [6, 6.07) is 3.56. The van der Waals surface area contributed by atoms with Crippen molar-refractivity contribution in [1.29, 1.82) is 0 Å². The van der Waals surface area contributed by atoms with Crippen LogP contribution in [0.4, 0.5) is 0 Å². The third-order valence-corrected chi connectivity index (χ3v) is 5.69. The zero-order valence-electron chi connectivity index (χ0n) is 15.8. The van der Waals surface area contributed by atoms with Gasteiger partial charge in [-0.15, -0.1) is 0 Å². The molecule has 0 spiro atoms. The molecule has 2 aliphatic rings. The van der Waals surface area contributed by atoms with E-state index in [0.29, 0.717) is 18.2 Å². The van der Waals surface area contributed by atoms with E-state index < -0.39 is 0 Å². The third-order valence-electron chi connectivity index (χ3n) is 5.69. The topological polar surface area (TPSA) is 55.2 Å². The average molecular weight is 345 g/mol. The molecule has 0 aromatic carbocycles. The second-order valence-electron chi connectivity index (χ2n) is 8.72. The zero-order valence-corrected chi connectivity index (χ0v) is 15.8. The molecular weight excluding hydrogens is 314 g/mol. The van der Waals surface area contributed by atoms with Crippen molar-refractivity contribution in [3.63, 3.8) is 0 Å². The van der Waals surface area contributed by atoms with Crippen molar-refractivity contribution in [2.75, 3.05) is 13.1 Å². The molecule has 1 aromatic heterocycles. The Hall–Kier alpha value is -1.65. The molecule has 1 aliphatic heterocycles. The number of rotatable bonds is 3. The van der Waals surface area contributed by atoms with Gasteiger partial charge in [0.05, 0.1) is 11.7 Å². The summed E-state index contributed by atoms with van der Waals surface area (Å²) >= 11 is 0. The van der Waals surface area contributed by atoms with Crippen LogP contribution in [0.2, 0.25) is 0 Å². The molecule has 0 N–H and O–H groups in total. The lowest BCUT2D eigenvalue weighted by atomic mass is 9.92. The van der Waals surface area contributed by atoms with Gasteiger partial charge in [0, 0.05) is 31.0 Å². The van der Waals surface area contributed by atoms with Gasteiger partial charge < -0.3 is 4.90 Å². The molecule has 2 fully saturated rings. The van der Waals surface area contributed by atoms with Crippen LogP contribution in [0.5, 0.6) is 0 Å². The summed E-state index contributed by atoms with van der Waals surface area (Å²) in [4.78, 5) is 26.7. The lowest BCUT2D eigenvalue weighted by Crippen LogP contribution is -2.42. The number of carbonyl (C=O) groups is 1. The molecule has 25 heavy (non-hydrogen) atoms. The molecule has 138 valence electrons. The summed E-state index contributed by atoms with van der Waals surface area (Å²) in [6.07, 6.45) is 7.32. The summed E-state index contributed by atoms with van der Waals surface area (Å²) in [5, 5.41) is 4.62. The quantitative estimate of drug-likeness (QED) is 0.845. The van der Waals surface area contributed by atoms with E-state index in [1.54, 1.807) is 10.7 Å². The molecule has 2 heterocycles. The van der Waals surface area contributed by atoms with Crippen molar-refractivity contribution in [3.05, 3.63) is 28.2 Å². The van der Waals surface area contributed by atoms with Gasteiger partial charge in [-0.1, -0.05) is 33.6 Å². The van der Waals surface area contributed by atoms with E-state index in [1.165, 1.54) is 25.7 Å². The predicted molar refractivity (Wildman–Crippen MR) is 98.6 cm³/mol. The first-order chi connectivity index (χ1) is 11.8. The molecule has 5 heteroatoms. The second-order valence-corrected chi connectivity index (χ2v) is 8.72. The van der Waals surface area contributed by atoms with Gasteiger partial charge in [-0.25, -0.2) is 4.68 Å². The van der Waals surface area contributed by atoms with E-state index in [1.807, 2.05) is 11.0 Å². The Bertz CT molecular complexity index is 660. The van der Waals surface area contributed by atoms with Gasteiger partial charge in [0.25, 0.3) is 5.56 Å². The molecule has 1 aromatic rings. The first-order valence-corrected chi connectivity index (χ1v) is 9.73. The monoisotopic (exact) mass is 345 g/mol. The maximum Gasteiger partial charge on any atom is 0.267 e. The molecule has 3 rings (SSSR count). The van der Waals surface area contributed by atoms with Crippen molar-refractivity contribution < 1.29 is 4.79 Å². The first-order valence-electron chi connectivity index (χ1n) is 9.73. The van der Waals surface area contributed by atoms with Crippen LogP contribution < -0.4 is 5.56 Å². The van der Waals surface area contributed by atoms with Crippen molar-refractivity contribution in [2.45, 2.75) is 77.2 Å². The number of aromatic nitrogens is 2. The Balaban J connectivity index is 1.62. The highest BCUT2D eigenvalue weighted by molar-refractivity contribution is 5.76. The van der Waals surface area contributed by atoms with Crippen LogP contribution in [0.25, 0.3) is 0 Å². The molecule has 1 amide bonds. The fourth-order valence-electron chi connectivity index (χ4n) is 4.04. The smallest absolute Gasteiger partial charge is 0.267 e. The fourth-order valence-corrected chi connectivity index (χ4v) is 4.04. The third kappa shape index (κ3) is 4.31. The maximum absolute atomic E-state index is 12.5. The van der Waals surface area contributed by atoms with Gasteiger partial charge in [0.2, 0.25) is 5.91 Å². The van der Waals surface area contributed by atoms with Gasteiger partial charge in [-0.3, -0.25) is 9.59 Å². The molecule has 1 saturated carbocycles. The standard InChI is InChI=1S/C20H31N3O2/c1-20(2,3)17-8-9-18(24)23(21-17)16-10-12-22(13-11-16)19(25)14-15-6-4-5-7-15/h8-9,15-16H,4-7,10-14H2,1-3H3. The molecular formula is C20H31N3O2. The van der Waals surface area contributed by atoms with E-state index >= 15 is 0 Å². The highest BCUT2D eigenvalue weighted by atomic mass is 16.2. The van der Waals surface area contributed by atoms with Crippen LogP contribution in [0.15, 0.2) is 16.9 Å². The van der Waals surface area contributed by atoms with Gasteiger partial charge in [0.1, 0.15) is 0 Å².